The van der Waals surface area contributed by atoms with Crippen LogP contribution in [0.4, 0.5) is 0 Å². The van der Waals surface area contributed by atoms with E-state index in [0.717, 1.165) is 11.5 Å². The predicted octanol–water partition coefficient (Wildman–Crippen LogP) is 2.57. The van der Waals surface area contributed by atoms with Crippen LogP contribution < -0.4 is 15.2 Å². The Kier molecular flexibility index (Phi) is 4.98. The van der Waals surface area contributed by atoms with Crippen molar-refractivity contribution in [3.63, 3.8) is 0 Å². The van der Waals surface area contributed by atoms with E-state index in [4.69, 9.17) is 15.2 Å². The first kappa shape index (κ1) is 14.4. The van der Waals surface area contributed by atoms with Crippen molar-refractivity contribution in [2.45, 2.75) is 19.1 Å². The van der Waals surface area contributed by atoms with Gasteiger partial charge in [-0.2, -0.15) is 0 Å². The second-order valence-electron chi connectivity index (χ2n) is 4.58. The van der Waals surface area contributed by atoms with Crippen LogP contribution in [0.25, 0.3) is 0 Å². The van der Waals surface area contributed by atoms with E-state index in [1.54, 1.807) is 19.1 Å². The zero-order valence-electron chi connectivity index (χ0n) is 11.4. The van der Waals surface area contributed by atoms with Gasteiger partial charge in [-0.05, 0) is 43.3 Å². The second-order valence-corrected chi connectivity index (χ2v) is 4.58. The van der Waals surface area contributed by atoms with Gasteiger partial charge < -0.3 is 20.3 Å². The van der Waals surface area contributed by atoms with Crippen LogP contribution in [0.15, 0.2) is 54.6 Å². The van der Waals surface area contributed by atoms with Crippen molar-refractivity contribution in [1.82, 2.24) is 0 Å². The van der Waals surface area contributed by atoms with Crippen molar-refractivity contribution in [1.29, 1.82) is 0 Å². The minimum atomic E-state index is -0.407. The molecule has 0 bridgehead atoms. The summed E-state index contributed by atoms with van der Waals surface area (Å²) in [4.78, 5) is 0. The standard InChI is InChI=1S/C16H19NO3/c1-12(17)16(11-18)20-15-9-7-14(8-10-15)19-13-5-3-2-4-6-13/h2-10,12,16,18H,11,17H2,1H3. The first-order valence-electron chi connectivity index (χ1n) is 6.55. The minimum absolute atomic E-state index is 0.111. The predicted molar refractivity (Wildman–Crippen MR) is 78.1 cm³/mol. The summed E-state index contributed by atoms with van der Waals surface area (Å²) in [5.41, 5.74) is 5.72. The summed E-state index contributed by atoms with van der Waals surface area (Å²) in [6, 6.07) is 16.5. The maximum atomic E-state index is 9.18. The highest BCUT2D eigenvalue weighted by Gasteiger charge is 2.14. The van der Waals surface area contributed by atoms with Crippen LogP contribution in [-0.2, 0) is 0 Å². The van der Waals surface area contributed by atoms with Gasteiger partial charge in [-0.1, -0.05) is 18.2 Å². The molecule has 0 aromatic heterocycles. The third-order valence-corrected chi connectivity index (χ3v) is 2.86. The molecule has 3 N–H and O–H groups in total. The molecule has 2 aromatic carbocycles. The Bertz CT molecular complexity index is 511. The van der Waals surface area contributed by atoms with Gasteiger partial charge in [-0.25, -0.2) is 0 Å². The molecule has 2 aromatic rings. The van der Waals surface area contributed by atoms with Crippen LogP contribution >= 0.6 is 0 Å². The maximum absolute atomic E-state index is 9.18. The van der Waals surface area contributed by atoms with Crippen LogP contribution in [0.2, 0.25) is 0 Å². The van der Waals surface area contributed by atoms with E-state index in [1.807, 2.05) is 42.5 Å². The molecule has 0 heterocycles. The number of hydrogen-bond donors (Lipinski definition) is 2. The monoisotopic (exact) mass is 273 g/mol. The van der Waals surface area contributed by atoms with Gasteiger partial charge in [0.05, 0.1) is 6.61 Å². The molecule has 0 saturated heterocycles. The number of rotatable bonds is 6. The van der Waals surface area contributed by atoms with Crippen molar-refractivity contribution in [2.75, 3.05) is 6.61 Å². The normalized spacial score (nSPS) is 13.6. The first-order valence-corrected chi connectivity index (χ1v) is 6.55. The Morgan fingerprint density at radius 3 is 2.05 bits per heavy atom. The van der Waals surface area contributed by atoms with Crippen LogP contribution in [0.1, 0.15) is 6.92 Å². The van der Waals surface area contributed by atoms with Gasteiger partial charge in [0.2, 0.25) is 0 Å². The molecule has 0 aliphatic carbocycles. The van der Waals surface area contributed by atoms with Crippen LogP contribution in [0, 0.1) is 0 Å². The molecule has 4 heteroatoms. The van der Waals surface area contributed by atoms with Gasteiger partial charge in [0, 0.05) is 6.04 Å². The van der Waals surface area contributed by atoms with E-state index in [2.05, 4.69) is 0 Å². The first-order chi connectivity index (χ1) is 9.69. The SMILES string of the molecule is CC(N)C(CO)Oc1ccc(Oc2ccccc2)cc1. The van der Waals surface area contributed by atoms with E-state index in [0.29, 0.717) is 5.75 Å². The molecule has 0 aliphatic rings. The Balaban J connectivity index is 1.99. The molecule has 0 saturated carbocycles. The van der Waals surface area contributed by atoms with Gasteiger partial charge in [-0.3, -0.25) is 0 Å². The zero-order chi connectivity index (χ0) is 14.4. The topological polar surface area (TPSA) is 64.7 Å². The molecule has 0 spiro atoms. The summed E-state index contributed by atoms with van der Waals surface area (Å²) < 4.78 is 11.3. The second kappa shape index (κ2) is 6.93. The summed E-state index contributed by atoms with van der Waals surface area (Å²) in [6.45, 7) is 1.69. The molecule has 0 fully saturated rings. The lowest BCUT2D eigenvalue weighted by Crippen LogP contribution is -2.39. The molecular formula is C16H19NO3. The summed E-state index contributed by atoms with van der Waals surface area (Å²) in [6.07, 6.45) is -0.407. The number of hydrogen-bond acceptors (Lipinski definition) is 4. The van der Waals surface area contributed by atoms with Crippen LogP contribution in [0.5, 0.6) is 17.2 Å². The largest absolute Gasteiger partial charge is 0.486 e. The highest BCUT2D eigenvalue weighted by Crippen LogP contribution is 2.24. The van der Waals surface area contributed by atoms with Crippen molar-refractivity contribution in [3.05, 3.63) is 54.6 Å². The number of aliphatic hydroxyl groups is 1. The summed E-state index contributed by atoms with van der Waals surface area (Å²) in [5, 5.41) is 9.18. The third kappa shape index (κ3) is 3.98. The van der Waals surface area contributed by atoms with Gasteiger partial charge in [0.1, 0.15) is 23.4 Å². The number of benzene rings is 2. The minimum Gasteiger partial charge on any atom is -0.486 e. The van der Waals surface area contributed by atoms with E-state index in [9.17, 15) is 5.11 Å². The molecule has 0 radical (unpaired) electrons. The lowest BCUT2D eigenvalue weighted by molar-refractivity contribution is 0.0990. The third-order valence-electron chi connectivity index (χ3n) is 2.86. The number of nitrogens with two attached hydrogens (primary N) is 1. The molecule has 0 amide bonds. The Morgan fingerprint density at radius 2 is 1.50 bits per heavy atom. The smallest absolute Gasteiger partial charge is 0.136 e. The average molecular weight is 273 g/mol. The zero-order valence-corrected chi connectivity index (χ0v) is 11.4. The van der Waals surface area contributed by atoms with Crippen LogP contribution in [0.3, 0.4) is 0 Å². The molecule has 2 rings (SSSR count). The lowest BCUT2D eigenvalue weighted by Gasteiger charge is -2.20. The molecule has 2 unspecified atom stereocenters. The van der Waals surface area contributed by atoms with Gasteiger partial charge in [0.15, 0.2) is 0 Å². The van der Waals surface area contributed by atoms with Gasteiger partial charge in [-0.15, -0.1) is 0 Å². The fraction of sp³-hybridized carbons (Fsp3) is 0.250. The van der Waals surface area contributed by atoms with Crippen molar-refractivity contribution in [2.24, 2.45) is 5.73 Å². The maximum Gasteiger partial charge on any atom is 0.136 e. The van der Waals surface area contributed by atoms with Crippen molar-refractivity contribution >= 4 is 0 Å². The molecular weight excluding hydrogens is 254 g/mol. The molecule has 106 valence electrons. The quantitative estimate of drug-likeness (QED) is 0.849. The van der Waals surface area contributed by atoms with Gasteiger partial charge >= 0.3 is 0 Å². The lowest BCUT2D eigenvalue weighted by atomic mass is 10.2. The highest BCUT2D eigenvalue weighted by atomic mass is 16.5. The van der Waals surface area contributed by atoms with Gasteiger partial charge in [0.25, 0.3) is 0 Å². The molecule has 20 heavy (non-hydrogen) atoms. The number of ether oxygens (including phenoxy) is 2. The fourth-order valence-corrected chi connectivity index (χ4v) is 1.70. The molecule has 2 atom stereocenters. The molecule has 0 aliphatic heterocycles. The molecule has 4 nitrogen and oxygen atoms in total. The Morgan fingerprint density at radius 1 is 0.950 bits per heavy atom. The van der Waals surface area contributed by atoms with E-state index in [-0.39, 0.29) is 12.6 Å². The average Bonchev–Trinajstić information content (AvgIpc) is 2.47. The van der Waals surface area contributed by atoms with E-state index >= 15 is 0 Å². The summed E-state index contributed by atoms with van der Waals surface area (Å²) in [5.74, 6) is 2.16. The summed E-state index contributed by atoms with van der Waals surface area (Å²) >= 11 is 0. The number of para-hydroxylation sites is 1. The van der Waals surface area contributed by atoms with Crippen LogP contribution in [-0.4, -0.2) is 23.9 Å². The highest BCUT2D eigenvalue weighted by molar-refractivity contribution is 5.35. The van der Waals surface area contributed by atoms with E-state index < -0.39 is 6.10 Å². The van der Waals surface area contributed by atoms with Crippen molar-refractivity contribution in [3.8, 4) is 17.2 Å². The Labute approximate surface area is 118 Å². The summed E-state index contributed by atoms with van der Waals surface area (Å²) in [7, 11) is 0. The van der Waals surface area contributed by atoms with E-state index in [1.165, 1.54) is 0 Å². The Hall–Kier alpha value is -2.04. The number of aliphatic hydroxyl groups excluding tert-OH is 1. The van der Waals surface area contributed by atoms with Crippen molar-refractivity contribution < 1.29 is 14.6 Å². The fourth-order valence-electron chi connectivity index (χ4n) is 1.70.